The van der Waals surface area contributed by atoms with Crippen LogP contribution in [0.4, 0.5) is 18.9 Å². The second-order valence-corrected chi connectivity index (χ2v) is 7.20. The van der Waals surface area contributed by atoms with Crippen molar-refractivity contribution < 1.29 is 18.0 Å². The van der Waals surface area contributed by atoms with Gasteiger partial charge in [-0.1, -0.05) is 42.1 Å². The van der Waals surface area contributed by atoms with Gasteiger partial charge in [-0.2, -0.15) is 0 Å². The number of thioether (sulfide) groups is 1. The molecule has 1 heterocycles. The summed E-state index contributed by atoms with van der Waals surface area (Å²) < 4.78 is 42.0. The van der Waals surface area contributed by atoms with E-state index in [9.17, 15) is 18.0 Å². The summed E-state index contributed by atoms with van der Waals surface area (Å²) in [5.41, 5.74) is 0.475. The van der Waals surface area contributed by atoms with E-state index >= 15 is 0 Å². The maximum atomic E-state index is 13.8. The molecule has 0 spiro atoms. The van der Waals surface area contributed by atoms with Crippen molar-refractivity contribution in [1.29, 1.82) is 0 Å². The summed E-state index contributed by atoms with van der Waals surface area (Å²) >= 11 is 1.14. The Kier molecular flexibility index (Phi) is 6.03. The number of rotatable bonds is 6. The van der Waals surface area contributed by atoms with E-state index in [1.54, 1.807) is 6.92 Å². The van der Waals surface area contributed by atoms with Gasteiger partial charge in [-0.05, 0) is 26.0 Å². The standard InChI is InChI=1S/C19H17F3N4OS/c1-3-26-17(12-7-5-4-6-8-12)24-25-19(26)28-11(2)18(27)23-14-10-9-13(20)15(21)16(14)22/h4-11H,3H2,1-2H3,(H,23,27). The molecule has 0 aliphatic rings. The predicted molar refractivity (Wildman–Crippen MR) is 101 cm³/mol. The number of carbonyl (C=O) groups excluding carboxylic acids is 1. The molecule has 28 heavy (non-hydrogen) atoms. The average molecular weight is 406 g/mol. The van der Waals surface area contributed by atoms with Gasteiger partial charge in [-0.3, -0.25) is 4.79 Å². The van der Waals surface area contributed by atoms with Crippen LogP contribution in [0.25, 0.3) is 11.4 Å². The summed E-state index contributed by atoms with van der Waals surface area (Å²) in [7, 11) is 0. The van der Waals surface area contributed by atoms with Crippen LogP contribution in [0, 0.1) is 17.5 Å². The van der Waals surface area contributed by atoms with Gasteiger partial charge >= 0.3 is 0 Å². The van der Waals surface area contributed by atoms with Crippen LogP contribution in [0.1, 0.15) is 13.8 Å². The highest BCUT2D eigenvalue weighted by atomic mass is 32.2. The minimum absolute atomic E-state index is 0.418. The number of aromatic nitrogens is 3. The Labute approximate surface area is 164 Å². The van der Waals surface area contributed by atoms with Gasteiger partial charge in [0.2, 0.25) is 5.91 Å². The van der Waals surface area contributed by atoms with Gasteiger partial charge in [0, 0.05) is 12.1 Å². The molecule has 1 aromatic heterocycles. The van der Waals surface area contributed by atoms with E-state index in [0.29, 0.717) is 17.5 Å². The molecule has 9 heteroatoms. The maximum Gasteiger partial charge on any atom is 0.237 e. The number of nitrogens with zero attached hydrogens (tertiary/aromatic N) is 3. The van der Waals surface area contributed by atoms with Crippen LogP contribution in [-0.4, -0.2) is 25.9 Å². The topological polar surface area (TPSA) is 59.8 Å². The highest BCUT2D eigenvalue weighted by Gasteiger charge is 2.22. The molecule has 146 valence electrons. The predicted octanol–water partition coefficient (Wildman–Crippen LogP) is 4.50. The summed E-state index contributed by atoms with van der Waals surface area (Å²) in [5, 5.41) is 10.5. The molecule has 1 unspecified atom stereocenters. The lowest BCUT2D eigenvalue weighted by Gasteiger charge is -2.13. The summed E-state index contributed by atoms with van der Waals surface area (Å²) in [6, 6.07) is 11.2. The largest absolute Gasteiger partial charge is 0.323 e. The fourth-order valence-corrected chi connectivity index (χ4v) is 3.44. The first-order valence-electron chi connectivity index (χ1n) is 8.52. The third kappa shape index (κ3) is 4.04. The summed E-state index contributed by atoms with van der Waals surface area (Å²) in [5.74, 6) is -4.28. The van der Waals surface area contributed by atoms with Gasteiger partial charge in [-0.25, -0.2) is 13.2 Å². The molecular weight excluding hydrogens is 389 g/mol. The van der Waals surface area contributed by atoms with Crippen molar-refractivity contribution in [3.05, 3.63) is 59.9 Å². The van der Waals surface area contributed by atoms with E-state index < -0.39 is 34.3 Å². The Morgan fingerprint density at radius 3 is 2.50 bits per heavy atom. The van der Waals surface area contributed by atoms with Gasteiger partial charge in [0.05, 0.1) is 10.9 Å². The zero-order valence-corrected chi connectivity index (χ0v) is 15.9. The zero-order chi connectivity index (χ0) is 20.3. The summed E-state index contributed by atoms with van der Waals surface area (Å²) in [6.45, 7) is 4.13. The van der Waals surface area contributed by atoms with Crippen molar-refractivity contribution >= 4 is 23.4 Å². The molecule has 1 atom stereocenters. The molecule has 0 radical (unpaired) electrons. The zero-order valence-electron chi connectivity index (χ0n) is 15.1. The summed E-state index contributed by atoms with van der Waals surface area (Å²) in [4.78, 5) is 12.4. The molecule has 3 rings (SSSR count). The molecule has 0 aliphatic heterocycles. The Hall–Kier alpha value is -2.81. The SMILES string of the molecule is CCn1c(SC(C)C(=O)Nc2ccc(F)c(F)c2F)nnc1-c1ccccc1. The van der Waals surface area contributed by atoms with Gasteiger partial charge in [0.1, 0.15) is 0 Å². The second kappa shape index (κ2) is 8.47. The summed E-state index contributed by atoms with van der Waals surface area (Å²) in [6.07, 6.45) is 0. The Morgan fingerprint density at radius 1 is 1.11 bits per heavy atom. The third-order valence-corrected chi connectivity index (χ3v) is 5.09. The fourth-order valence-electron chi connectivity index (χ4n) is 2.53. The molecule has 1 amide bonds. The molecule has 0 fully saturated rings. The highest BCUT2D eigenvalue weighted by Crippen LogP contribution is 2.28. The van der Waals surface area contributed by atoms with E-state index in [4.69, 9.17) is 0 Å². The van der Waals surface area contributed by atoms with Crippen LogP contribution >= 0.6 is 11.8 Å². The Morgan fingerprint density at radius 2 is 1.82 bits per heavy atom. The van der Waals surface area contributed by atoms with Crippen LogP contribution in [0.2, 0.25) is 0 Å². The molecule has 0 bridgehead atoms. The van der Waals surface area contributed by atoms with E-state index in [-0.39, 0.29) is 0 Å². The number of benzene rings is 2. The van der Waals surface area contributed by atoms with Crippen LogP contribution in [0.15, 0.2) is 47.6 Å². The minimum Gasteiger partial charge on any atom is -0.323 e. The van der Waals surface area contributed by atoms with E-state index in [1.165, 1.54) is 0 Å². The number of halogens is 3. The van der Waals surface area contributed by atoms with Gasteiger partial charge < -0.3 is 9.88 Å². The maximum absolute atomic E-state index is 13.8. The molecular formula is C19H17F3N4OS. The van der Waals surface area contributed by atoms with Crippen molar-refractivity contribution in [3.8, 4) is 11.4 Å². The number of carbonyl (C=O) groups is 1. The first-order chi connectivity index (χ1) is 13.4. The minimum atomic E-state index is -1.63. The molecule has 5 nitrogen and oxygen atoms in total. The fraction of sp³-hybridized carbons (Fsp3) is 0.211. The van der Waals surface area contributed by atoms with Crippen LogP contribution < -0.4 is 5.32 Å². The van der Waals surface area contributed by atoms with Gasteiger partial charge in [0.15, 0.2) is 28.4 Å². The lowest BCUT2D eigenvalue weighted by Crippen LogP contribution is -2.23. The molecule has 3 aromatic rings. The third-order valence-electron chi connectivity index (χ3n) is 4.01. The van der Waals surface area contributed by atoms with Crippen molar-refractivity contribution in [3.63, 3.8) is 0 Å². The van der Waals surface area contributed by atoms with Gasteiger partial charge in [-0.15, -0.1) is 10.2 Å². The first-order valence-corrected chi connectivity index (χ1v) is 9.40. The number of nitrogens with one attached hydrogen (secondary N) is 1. The smallest absolute Gasteiger partial charge is 0.237 e. The second-order valence-electron chi connectivity index (χ2n) is 5.89. The van der Waals surface area contributed by atoms with E-state index in [1.807, 2.05) is 41.8 Å². The number of hydrogen-bond acceptors (Lipinski definition) is 4. The lowest BCUT2D eigenvalue weighted by molar-refractivity contribution is -0.115. The monoisotopic (exact) mass is 406 g/mol. The van der Waals surface area contributed by atoms with Crippen molar-refractivity contribution in [2.24, 2.45) is 0 Å². The molecule has 0 saturated heterocycles. The average Bonchev–Trinajstić information content (AvgIpc) is 3.11. The van der Waals surface area contributed by atoms with Crippen LogP contribution in [0.5, 0.6) is 0 Å². The first kappa shape index (κ1) is 19.9. The van der Waals surface area contributed by atoms with Crippen LogP contribution in [0.3, 0.4) is 0 Å². The quantitative estimate of drug-likeness (QED) is 0.484. The van der Waals surface area contributed by atoms with Crippen molar-refractivity contribution in [1.82, 2.24) is 14.8 Å². The highest BCUT2D eigenvalue weighted by molar-refractivity contribution is 8.00. The lowest BCUT2D eigenvalue weighted by atomic mass is 10.2. The van der Waals surface area contributed by atoms with E-state index in [0.717, 1.165) is 29.5 Å². The molecule has 0 aliphatic carbocycles. The number of anilines is 1. The molecule has 1 N–H and O–H groups in total. The number of hydrogen-bond donors (Lipinski definition) is 1. The van der Waals surface area contributed by atoms with Gasteiger partial charge in [0.25, 0.3) is 0 Å². The Bertz CT molecular complexity index is 994. The normalized spacial score (nSPS) is 12.0. The number of amides is 1. The van der Waals surface area contributed by atoms with Crippen LogP contribution in [-0.2, 0) is 11.3 Å². The molecule has 2 aromatic carbocycles. The van der Waals surface area contributed by atoms with Crippen molar-refractivity contribution in [2.75, 3.05) is 5.32 Å². The van der Waals surface area contributed by atoms with E-state index in [2.05, 4.69) is 15.5 Å². The molecule has 0 saturated carbocycles. The van der Waals surface area contributed by atoms with Crippen molar-refractivity contribution in [2.45, 2.75) is 30.8 Å². The Balaban J connectivity index is 1.76.